The predicted octanol–water partition coefficient (Wildman–Crippen LogP) is 4.09. The molecule has 1 aliphatic heterocycles. The first-order valence-corrected chi connectivity index (χ1v) is 9.37. The molecule has 1 fully saturated rings. The van der Waals surface area contributed by atoms with Crippen molar-refractivity contribution >= 4 is 15.9 Å². The van der Waals surface area contributed by atoms with Gasteiger partial charge in [-0.2, -0.15) is 4.98 Å². The normalized spacial score (nSPS) is 15.9. The van der Waals surface area contributed by atoms with Crippen LogP contribution in [0.2, 0.25) is 0 Å². The molecule has 4 rings (SSSR count). The fourth-order valence-corrected chi connectivity index (χ4v) is 3.70. The van der Waals surface area contributed by atoms with E-state index in [9.17, 15) is 0 Å². The van der Waals surface area contributed by atoms with Crippen LogP contribution in [0.15, 0.2) is 51.6 Å². The van der Waals surface area contributed by atoms with Crippen LogP contribution < -0.4 is 4.74 Å². The topological polar surface area (TPSA) is 64.3 Å². The minimum absolute atomic E-state index is 0.0394. The average Bonchev–Trinajstić information content (AvgIpc) is 3.35. The van der Waals surface area contributed by atoms with Gasteiger partial charge in [0.15, 0.2) is 0 Å². The van der Waals surface area contributed by atoms with E-state index in [1.807, 2.05) is 18.2 Å². The molecule has 0 spiro atoms. The minimum Gasteiger partial charge on any atom is -0.481 e. The second kappa shape index (κ2) is 7.55. The van der Waals surface area contributed by atoms with Gasteiger partial charge in [-0.1, -0.05) is 33.2 Å². The second-order valence-corrected chi connectivity index (χ2v) is 7.16. The fourth-order valence-electron chi connectivity index (χ4n) is 3.28. The quantitative estimate of drug-likeness (QED) is 0.626. The number of ether oxygens (including phenoxy) is 1. The Balaban J connectivity index is 1.68. The van der Waals surface area contributed by atoms with Crippen LogP contribution in [-0.2, 0) is 0 Å². The summed E-state index contributed by atoms with van der Waals surface area (Å²) in [6, 6.07) is 11.9. The second-order valence-electron chi connectivity index (χ2n) is 6.25. The zero-order valence-corrected chi connectivity index (χ0v) is 16.0. The van der Waals surface area contributed by atoms with Gasteiger partial charge in [-0.25, -0.2) is 4.98 Å². The molecule has 1 aliphatic rings. The SMILES string of the molecule is COc1ccc(-c2noc([C@@H](c3cccc(Br)c3)N3CCCC3)n2)cn1. The van der Waals surface area contributed by atoms with Crippen molar-refractivity contribution in [1.29, 1.82) is 0 Å². The standard InChI is InChI=1S/C19H19BrN4O2/c1-25-16-8-7-14(12-21-16)18-22-19(26-23-18)17(24-9-2-3-10-24)13-5-4-6-15(20)11-13/h4-8,11-12,17H,2-3,9-10H2,1H3/t17-/m1/s1. The van der Waals surface area contributed by atoms with Gasteiger partial charge in [0.1, 0.15) is 6.04 Å². The van der Waals surface area contributed by atoms with Crippen LogP contribution in [-0.4, -0.2) is 40.2 Å². The van der Waals surface area contributed by atoms with E-state index in [1.165, 1.54) is 12.8 Å². The molecule has 1 saturated heterocycles. The van der Waals surface area contributed by atoms with Crippen molar-refractivity contribution in [3.8, 4) is 17.3 Å². The van der Waals surface area contributed by atoms with Crippen LogP contribution in [0.4, 0.5) is 0 Å². The molecule has 0 unspecified atom stereocenters. The summed E-state index contributed by atoms with van der Waals surface area (Å²) >= 11 is 3.56. The van der Waals surface area contributed by atoms with Crippen LogP contribution in [0.25, 0.3) is 11.4 Å². The molecule has 3 aromatic rings. The van der Waals surface area contributed by atoms with E-state index in [4.69, 9.17) is 9.26 Å². The van der Waals surface area contributed by atoms with E-state index < -0.39 is 0 Å². The fraction of sp³-hybridized carbons (Fsp3) is 0.316. The van der Waals surface area contributed by atoms with E-state index in [0.717, 1.165) is 28.7 Å². The van der Waals surface area contributed by atoms with Gasteiger partial charge >= 0.3 is 0 Å². The highest BCUT2D eigenvalue weighted by molar-refractivity contribution is 9.10. The Kier molecular flexibility index (Phi) is 4.99. The summed E-state index contributed by atoms with van der Waals surface area (Å²) in [6.07, 6.45) is 4.07. The highest BCUT2D eigenvalue weighted by Gasteiger charge is 2.30. The molecule has 1 atom stereocenters. The molecule has 6 nitrogen and oxygen atoms in total. The smallest absolute Gasteiger partial charge is 0.248 e. The van der Waals surface area contributed by atoms with Crippen LogP contribution in [0.1, 0.15) is 30.3 Å². The molecule has 0 N–H and O–H groups in total. The summed E-state index contributed by atoms with van der Waals surface area (Å²) in [5.41, 5.74) is 1.94. The zero-order valence-electron chi connectivity index (χ0n) is 14.4. The van der Waals surface area contributed by atoms with Crippen molar-refractivity contribution in [3.63, 3.8) is 0 Å². The molecule has 134 valence electrons. The molecule has 0 saturated carbocycles. The summed E-state index contributed by atoms with van der Waals surface area (Å²) in [7, 11) is 1.59. The Bertz CT molecular complexity index is 875. The lowest BCUT2D eigenvalue weighted by molar-refractivity contribution is 0.225. The number of hydrogen-bond acceptors (Lipinski definition) is 6. The molecule has 0 amide bonds. The Morgan fingerprint density at radius 2 is 2.04 bits per heavy atom. The molecule has 3 heterocycles. The Labute approximate surface area is 160 Å². The predicted molar refractivity (Wildman–Crippen MR) is 101 cm³/mol. The molecular formula is C19H19BrN4O2. The third-order valence-electron chi connectivity index (χ3n) is 4.55. The van der Waals surface area contributed by atoms with Crippen molar-refractivity contribution < 1.29 is 9.26 Å². The molecule has 0 bridgehead atoms. The van der Waals surface area contributed by atoms with Crippen LogP contribution in [0, 0.1) is 0 Å². The molecule has 7 heteroatoms. The van der Waals surface area contributed by atoms with Crippen LogP contribution >= 0.6 is 15.9 Å². The molecule has 1 aromatic carbocycles. The maximum atomic E-state index is 5.67. The number of halogens is 1. The van der Waals surface area contributed by atoms with Crippen molar-refractivity contribution in [1.82, 2.24) is 20.0 Å². The van der Waals surface area contributed by atoms with Gasteiger partial charge in [0.25, 0.3) is 0 Å². The minimum atomic E-state index is -0.0394. The lowest BCUT2D eigenvalue weighted by atomic mass is 10.1. The summed E-state index contributed by atoms with van der Waals surface area (Å²) in [4.78, 5) is 11.3. The van der Waals surface area contributed by atoms with Crippen molar-refractivity contribution in [3.05, 3.63) is 58.5 Å². The Morgan fingerprint density at radius 1 is 1.19 bits per heavy atom. The Hall–Kier alpha value is -2.25. The maximum Gasteiger partial charge on any atom is 0.248 e. The highest BCUT2D eigenvalue weighted by atomic mass is 79.9. The van der Waals surface area contributed by atoms with Crippen molar-refractivity contribution in [2.75, 3.05) is 20.2 Å². The third kappa shape index (κ3) is 3.50. The van der Waals surface area contributed by atoms with Gasteiger partial charge in [-0.15, -0.1) is 0 Å². The van der Waals surface area contributed by atoms with Crippen molar-refractivity contribution in [2.24, 2.45) is 0 Å². The largest absolute Gasteiger partial charge is 0.481 e. The Morgan fingerprint density at radius 3 is 2.73 bits per heavy atom. The summed E-state index contributed by atoms with van der Waals surface area (Å²) in [5.74, 6) is 1.70. The van der Waals surface area contributed by atoms with E-state index in [0.29, 0.717) is 17.6 Å². The number of aromatic nitrogens is 3. The monoisotopic (exact) mass is 414 g/mol. The van der Waals surface area contributed by atoms with Gasteiger partial charge in [0.05, 0.1) is 7.11 Å². The van der Waals surface area contributed by atoms with E-state index >= 15 is 0 Å². The van der Waals surface area contributed by atoms with Gasteiger partial charge in [0.2, 0.25) is 17.6 Å². The zero-order chi connectivity index (χ0) is 17.9. The molecule has 0 aliphatic carbocycles. The van der Waals surface area contributed by atoms with Gasteiger partial charge in [-0.05, 0) is 49.7 Å². The summed E-state index contributed by atoms with van der Waals surface area (Å²) in [6.45, 7) is 2.05. The lowest BCUT2D eigenvalue weighted by Crippen LogP contribution is -2.26. The van der Waals surface area contributed by atoms with Gasteiger partial charge < -0.3 is 9.26 Å². The number of methoxy groups -OCH3 is 1. The van der Waals surface area contributed by atoms with Gasteiger partial charge in [-0.3, -0.25) is 4.90 Å². The maximum absolute atomic E-state index is 5.67. The number of rotatable bonds is 5. The molecule has 0 radical (unpaired) electrons. The van der Waals surface area contributed by atoms with E-state index in [2.05, 4.69) is 48.1 Å². The first-order chi connectivity index (χ1) is 12.7. The van der Waals surface area contributed by atoms with Crippen molar-refractivity contribution in [2.45, 2.75) is 18.9 Å². The number of hydrogen-bond donors (Lipinski definition) is 0. The molecule has 2 aromatic heterocycles. The van der Waals surface area contributed by atoms with Crippen LogP contribution in [0.3, 0.4) is 0 Å². The summed E-state index contributed by atoms with van der Waals surface area (Å²) in [5, 5.41) is 4.18. The van der Waals surface area contributed by atoms with Crippen LogP contribution in [0.5, 0.6) is 5.88 Å². The average molecular weight is 415 g/mol. The van der Waals surface area contributed by atoms with E-state index in [1.54, 1.807) is 19.4 Å². The van der Waals surface area contributed by atoms with Gasteiger partial charge in [0, 0.05) is 22.3 Å². The lowest BCUT2D eigenvalue weighted by Gasteiger charge is -2.24. The number of benzene rings is 1. The number of pyridine rings is 1. The molecular weight excluding hydrogens is 396 g/mol. The number of nitrogens with zero attached hydrogens (tertiary/aromatic N) is 4. The summed E-state index contributed by atoms with van der Waals surface area (Å²) < 4.78 is 11.8. The first kappa shape index (κ1) is 17.2. The highest BCUT2D eigenvalue weighted by Crippen LogP contribution is 2.33. The first-order valence-electron chi connectivity index (χ1n) is 8.58. The third-order valence-corrected chi connectivity index (χ3v) is 5.04. The number of likely N-dealkylation sites (tertiary alicyclic amines) is 1. The van der Waals surface area contributed by atoms with E-state index in [-0.39, 0.29) is 6.04 Å². The molecule has 26 heavy (non-hydrogen) atoms.